The van der Waals surface area contributed by atoms with Crippen molar-refractivity contribution in [1.29, 1.82) is 0 Å². The van der Waals surface area contributed by atoms with Gasteiger partial charge in [-0.15, -0.1) is 0 Å². The van der Waals surface area contributed by atoms with Gasteiger partial charge in [0.05, 0.1) is 12.3 Å². The third kappa shape index (κ3) is 3.31. The van der Waals surface area contributed by atoms with E-state index in [9.17, 15) is 9.90 Å². The second kappa shape index (κ2) is 7.40. The number of aromatic hydroxyl groups is 1. The number of nitrogens with zero attached hydrogens (tertiary/aromatic N) is 1. The molecule has 0 fully saturated rings. The Morgan fingerprint density at radius 2 is 2.00 bits per heavy atom. The van der Waals surface area contributed by atoms with E-state index in [1.54, 1.807) is 12.3 Å². The maximum Gasteiger partial charge on any atom is 0.302 e. The van der Waals surface area contributed by atoms with Gasteiger partial charge in [-0.1, -0.05) is 24.3 Å². The van der Waals surface area contributed by atoms with Crippen molar-refractivity contribution in [1.82, 2.24) is 4.98 Å². The number of aromatic nitrogens is 1. The first kappa shape index (κ1) is 18.7. The van der Waals surface area contributed by atoms with E-state index in [-0.39, 0.29) is 24.2 Å². The lowest BCUT2D eigenvalue weighted by molar-refractivity contribution is -0.141. The molecule has 1 aliphatic carbocycles. The Balaban J connectivity index is 1.92. The van der Waals surface area contributed by atoms with E-state index in [1.165, 1.54) is 6.92 Å². The molecule has 0 radical (unpaired) electrons. The molecule has 5 heteroatoms. The topological polar surface area (TPSA) is 59.4 Å². The molecule has 1 aromatic heterocycles. The Morgan fingerprint density at radius 1 is 1.21 bits per heavy atom. The molecule has 1 heterocycles. The molecular weight excluding hydrogens is 418 g/mol. The number of fused-ring (bicyclic) bond motifs is 3. The molecule has 1 atom stereocenters. The molecule has 1 unspecified atom stereocenters. The maximum atomic E-state index is 11.4. The zero-order valence-electron chi connectivity index (χ0n) is 15.7. The molecule has 0 bridgehead atoms. The van der Waals surface area contributed by atoms with Crippen LogP contribution in [-0.4, -0.2) is 22.7 Å². The highest BCUT2D eigenvalue weighted by Gasteiger charge is 2.31. The third-order valence-electron chi connectivity index (χ3n) is 5.24. The zero-order valence-corrected chi connectivity index (χ0v) is 17.3. The van der Waals surface area contributed by atoms with Crippen LogP contribution in [0.15, 0.2) is 53.1 Å². The number of benzene rings is 2. The smallest absolute Gasteiger partial charge is 0.302 e. The number of ether oxygens (including phenoxy) is 1. The number of hydrogen-bond acceptors (Lipinski definition) is 4. The molecule has 4 nitrogen and oxygen atoms in total. The van der Waals surface area contributed by atoms with Crippen molar-refractivity contribution in [3.8, 4) is 28.1 Å². The number of carbonyl (C=O) groups is 1. The van der Waals surface area contributed by atoms with Crippen LogP contribution in [0.1, 0.15) is 29.5 Å². The summed E-state index contributed by atoms with van der Waals surface area (Å²) in [6, 6.07) is 13.7. The number of halogens is 1. The summed E-state index contributed by atoms with van der Waals surface area (Å²) in [5.41, 5.74) is 7.00. The average Bonchev–Trinajstić information content (AvgIpc) is 2.68. The number of phenolic OH excluding ortho intramolecular Hbond substituents is 1. The molecule has 3 aromatic rings. The quantitative estimate of drug-likeness (QED) is 0.557. The van der Waals surface area contributed by atoms with Gasteiger partial charge in [0.15, 0.2) is 0 Å². The van der Waals surface area contributed by atoms with E-state index in [4.69, 9.17) is 4.74 Å². The number of pyridine rings is 1. The molecule has 0 spiro atoms. The largest absolute Gasteiger partial charge is 0.507 e. The van der Waals surface area contributed by atoms with E-state index >= 15 is 0 Å². The molecule has 0 amide bonds. The van der Waals surface area contributed by atoms with Crippen molar-refractivity contribution in [2.45, 2.75) is 26.2 Å². The highest BCUT2D eigenvalue weighted by atomic mass is 79.9. The van der Waals surface area contributed by atoms with Gasteiger partial charge in [-0.3, -0.25) is 9.78 Å². The number of aryl methyl sites for hydroxylation is 1. The second-order valence-electron chi connectivity index (χ2n) is 7.09. The van der Waals surface area contributed by atoms with Crippen LogP contribution in [0.25, 0.3) is 22.4 Å². The molecule has 1 aliphatic rings. The Bertz CT molecular complexity index is 1060. The number of esters is 1. The summed E-state index contributed by atoms with van der Waals surface area (Å²) in [7, 11) is 0. The summed E-state index contributed by atoms with van der Waals surface area (Å²) in [6.45, 7) is 3.74. The van der Waals surface area contributed by atoms with E-state index in [0.29, 0.717) is 6.42 Å². The summed E-state index contributed by atoms with van der Waals surface area (Å²) in [4.78, 5) is 16.0. The Labute approximate surface area is 172 Å². The lowest BCUT2D eigenvalue weighted by Gasteiger charge is -2.31. The number of rotatable bonds is 3. The summed E-state index contributed by atoms with van der Waals surface area (Å²) >= 11 is 3.43. The van der Waals surface area contributed by atoms with Gasteiger partial charge in [0, 0.05) is 34.6 Å². The van der Waals surface area contributed by atoms with Crippen molar-refractivity contribution in [2.24, 2.45) is 0 Å². The lowest BCUT2D eigenvalue weighted by Crippen LogP contribution is -2.20. The van der Waals surface area contributed by atoms with Gasteiger partial charge in [0.25, 0.3) is 0 Å². The molecule has 142 valence electrons. The summed E-state index contributed by atoms with van der Waals surface area (Å²) in [6.07, 6.45) is 2.50. The first-order valence-corrected chi connectivity index (χ1v) is 9.95. The van der Waals surface area contributed by atoms with Gasteiger partial charge < -0.3 is 9.84 Å². The van der Waals surface area contributed by atoms with Gasteiger partial charge >= 0.3 is 5.97 Å². The minimum absolute atomic E-state index is 0.0184. The summed E-state index contributed by atoms with van der Waals surface area (Å²) in [5, 5.41) is 10.7. The van der Waals surface area contributed by atoms with Gasteiger partial charge in [-0.2, -0.15) is 0 Å². The summed E-state index contributed by atoms with van der Waals surface area (Å²) < 4.78 is 6.29. The molecule has 2 aromatic carbocycles. The average molecular weight is 438 g/mol. The predicted molar refractivity (Wildman–Crippen MR) is 112 cm³/mol. The maximum absolute atomic E-state index is 11.4. The fraction of sp³-hybridized carbons (Fsp3) is 0.217. The van der Waals surface area contributed by atoms with E-state index < -0.39 is 0 Å². The minimum atomic E-state index is -0.298. The van der Waals surface area contributed by atoms with E-state index in [2.05, 4.69) is 27.0 Å². The number of carbonyl (C=O) groups excluding carboxylic acids is 1. The molecule has 28 heavy (non-hydrogen) atoms. The van der Waals surface area contributed by atoms with Crippen LogP contribution < -0.4 is 0 Å². The lowest BCUT2D eigenvalue weighted by atomic mass is 9.75. The van der Waals surface area contributed by atoms with E-state index in [0.717, 1.165) is 43.5 Å². The molecule has 0 aliphatic heterocycles. The molecule has 1 N–H and O–H groups in total. The minimum Gasteiger partial charge on any atom is -0.507 e. The van der Waals surface area contributed by atoms with Gasteiger partial charge in [0.1, 0.15) is 5.75 Å². The van der Waals surface area contributed by atoms with Crippen LogP contribution in [0, 0.1) is 6.92 Å². The van der Waals surface area contributed by atoms with Crippen LogP contribution >= 0.6 is 15.9 Å². The van der Waals surface area contributed by atoms with Gasteiger partial charge in [-0.05, 0) is 69.7 Å². The van der Waals surface area contributed by atoms with Gasteiger partial charge in [-0.25, -0.2) is 0 Å². The monoisotopic (exact) mass is 437 g/mol. The van der Waals surface area contributed by atoms with Crippen molar-refractivity contribution in [3.05, 3.63) is 69.8 Å². The first-order chi connectivity index (χ1) is 13.5. The standard InChI is InChI=1S/C23H20BrNO3/c1-13-6-9-21(27)23-18-5-3-4-17(20-8-7-16(24)11-25-20)19(18)10-15(22(13)23)12-28-14(2)26/h3-9,11,15,27H,10,12H2,1-2H3. The predicted octanol–water partition coefficient (Wildman–Crippen LogP) is 5.39. The zero-order chi connectivity index (χ0) is 19.8. The highest BCUT2D eigenvalue weighted by molar-refractivity contribution is 9.10. The molecule has 4 rings (SSSR count). The van der Waals surface area contributed by atoms with Crippen molar-refractivity contribution in [2.75, 3.05) is 6.61 Å². The SMILES string of the molecule is CC(=O)OCC1Cc2c(-c3ccc(Br)cn3)cccc2-c2c(O)ccc(C)c21. The van der Waals surface area contributed by atoms with Crippen molar-refractivity contribution < 1.29 is 14.6 Å². The third-order valence-corrected chi connectivity index (χ3v) is 5.71. The van der Waals surface area contributed by atoms with Crippen LogP contribution in [-0.2, 0) is 16.0 Å². The normalized spacial score (nSPS) is 14.9. The molecule has 0 saturated carbocycles. The Morgan fingerprint density at radius 3 is 2.71 bits per heavy atom. The van der Waals surface area contributed by atoms with Gasteiger partial charge in [0.2, 0.25) is 0 Å². The fourth-order valence-corrected chi connectivity index (χ4v) is 4.28. The van der Waals surface area contributed by atoms with Crippen LogP contribution in [0.4, 0.5) is 0 Å². The number of phenols is 1. The fourth-order valence-electron chi connectivity index (χ4n) is 4.05. The Hall–Kier alpha value is -2.66. The number of hydrogen-bond donors (Lipinski definition) is 1. The van der Waals surface area contributed by atoms with Crippen molar-refractivity contribution in [3.63, 3.8) is 0 Å². The highest BCUT2D eigenvalue weighted by Crippen LogP contribution is 2.48. The van der Waals surface area contributed by atoms with Crippen LogP contribution in [0.3, 0.4) is 0 Å². The molecule has 0 saturated heterocycles. The Kier molecular flexibility index (Phi) is 4.94. The summed E-state index contributed by atoms with van der Waals surface area (Å²) in [5.74, 6) is -0.0709. The second-order valence-corrected chi connectivity index (χ2v) is 8.00. The van der Waals surface area contributed by atoms with E-state index in [1.807, 2.05) is 37.3 Å². The molecular formula is C23H20BrNO3. The first-order valence-electron chi connectivity index (χ1n) is 9.15. The van der Waals surface area contributed by atoms with Crippen molar-refractivity contribution >= 4 is 21.9 Å². The van der Waals surface area contributed by atoms with Crippen LogP contribution in [0.2, 0.25) is 0 Å². The van der Waals surface area contributed by atoms with Crippen LogP contribution in [0.5, 0.6) is 5.75 Å².